The first-order chi connectivity index (χ1) is 8.02. The molecular weight excluding hydrogens is 227 g/mol. The van der Waals surface area contributed by atoms with Gasteiger partial charge in [0, 0.05) is 24.3 Å². The molecule has 0 aliphatic carbocycles. The molecule has 1 saturated heterocycles. The molecule has 90 valence electrons. The fourth-order valence-corrected chi connectivity index (χ4v) is 2.09. The van der Waals surface area contributed by atoms with E-state index in [9.17, 15) is 13.2 Å². The predicted molar refractivity (Wildman–Crippen MR) is 60.8 cm³/mol. The van der Waals surface area contributed by atoms with Gasteiger partial charge in [-0.15, -0.1) is 6.42 Å². The fourth-order valence-electron chi connectivity index (χ4n) is 2.09. The van der Waals surface area contributed by atoms with Crippen molar-refractivity contribution in [3.05, 3.63) is 29.3 Å². The van der Waals surface area contributed by atoms with Crippen molar-refractivity contribution in [3.63, 3.8) is 0 Å². The van der Waals surface area contributed by atoms with Crippen LogP contribution in [0.1, 0.15) is 24.0 Å². The third-order valence-corrected chi connectivity index (χ3v) is 2.92. The van der Waals surface area contributed by atoms with Gasteiger partial charge in [0.2, 0.25) is 0 Å². The zero-order valence-electron chi connectivity index (χ0n) is 9.22. The summed E-state index contributed by atoms with van der Waals surface area (Å²) in [5.74, 6) is 2.24. The molecule has 0 aromatic heterocycles. The topological polar surface area (TPSA) is 3.24 Å². The van der Waals surface area contributed by atoms with Crippen LogP contribution in [-0.4, -0.2) is 13.1 Å². The molecule has 1 nitrogen and oxygen atoms in total. The average Bonchev–Trinajstić information content (AvgIpc) is 2.80. The summed E-state index contributed by atoms with van der Waals surface area (Å²) in [5.41, 5.74) is -0.121. The van der Waals surface area contributed by atoms with Crippen molar-refractivity contribution in [2.45, 2.75) is 19.0 Å². The van der Waals surface area contributed by atoms with Crippen LogP contribution < -0.4 is 4.90 Å². The molecule has 1 aromatic rings. The van der Waals surface area contributed by atoms with Gasteiger partial charge in [-0.05, 0) is 31.0 Å². The van der Waals surface area contributed by atoms with Gasteiger partial charge in [-0.3, -0.25) is 0 Å². The molecule has 0 N–H and O–H groups in total. The largest absolute Gasteiger partial charge is 0.418 e. The Kier molecular flexibility index (Phi) is 3.01. The van der Waals surface area contributed by atoms with Crippen molar-refractivity contribution in [2.75, 3.05) is 18.0 Å². The second kappa shape index (κ2) is 4.33. The molecule has 0 amide bonds. The Morgan fingerprint density at radius 3 is 2.35 bits per heavy atom. The maximum Gasteiger partial charge on any atom is 0.418 e. The third-order valence-electron chi connectivity index (χ3n) is 2.92. The molecule has 0 spiro atoms. The van der Waals surface area contributed by atoms with Gasteiger partial charge in [-0.25, -0.2) is 0 Å². The number of terminal acetylenes is 1. The lowest BCUT2D eigenvalue weighted by molar-refractivity contribution is -0.137. The standard InChI is InChI=1S/C13H12F3N/c1-2-10-5-6-12(17-7-3-4-8-17)11(9-10)13(14,15)16/h1,5-6,9H,3-4,7-8H2. The molecule has 0 atom stereocenters. The Balaban J connectivity index is 2.47. The second-order valence-corrected chi connectivity index (χ2v) is 4.07. The zero-order chi connectivity index (χ0) is 12.5. The predicted octanol–water partition coefficient (Wildman–Crippen LogP) is 3.29. The maximum absolute atomic E-state index is 12.9. The summed E-state index contributed by atoms with van der Waals surface area (Å²) in [6, 6.07) is 4.08. The zero-order valence-corrected chi connectivity index (χ0v) is 9.22. The Morgan fingerprint density at radius 2 is 1.82 bits per heavy atom. The molecule has 0 bridgehead atoms. The third kappa shape index (κ3) is 2.38. The van der Waals surface area contributed by atoms with E-state index in [-0.39, 0.29) is 11.3 Å². The van der Waals surface area contributed by atoms with Crippen molar-refractivity contribution < 1.29 is 13.2 Å². The summed E-state index contributed by atoms with van der Waals surface area (Å²) in [5, 5.41) is 0. The summed E-state index contributed by atoms with van der Waals surface area (Å²) in [4.78, 5) is 1.77. The van der Waals surface area contributed by atoms with Crippen LogP contribution >= 0.6 is 0 Å². The Hall–Kier alpha value is -1.63. The van der Waals surface area contributed by atoms with Gasteiger partial charge in [0.05, 0.1) is 5.56 Å². The number of rotatable bonds is 1. The highest BCUT2D eigenvalue weighted by molar-refractivity contribution is 5.58. The van der Waals surface area contributed by atoms with E-state index in [2.05, 4.69) is 5.92 Å². The number of hydrogen-bond acceptors (Lipinski definition) is 1. The molecule has 0 unspecified atom stereocenters. The first-order valence-electron chi connectivity index (χ1n) is 5.45. The maximum atomic E-state index is 12.9. The summed E-state index contributed by atoms with van der Waals surface area (Å²) in [7, 11) is 0. The van der Waals surface area contributed by atoms with E-state index in [4.69, 9.17) is 6.42 Å². The molecule has 1 aliphatic heterocycles. The highest BCUT2D eigenvalue weighted by Crippen LogP contribution is 2.38. The quantitative estimate of drug-likeness (QED) is 0.680. The molecule has 1 heterocycles. The van der Waals surface area contributed by atoms with Crippen molar-refractivity contribution in [1.82, 2.24) is 0 Å². The lowest BCUT2D eigenvalue weighted by atomic mass is 10.1. The van der Waals surface area contributed by atoms with E-state index in [1.54, 1.807) is 11.0 Å². The molecule has 0 radical (unpaired) electrons. The van der Waals surface area contributed by atoms with Gasteiger partial charge in [-0.2, -0.15) is 13.2 Å². The fraction of sp³-hybridized carbons (Fsp3) is 0.385. The van der Waals surface area contributed by atoms with Crippen LogP contribution in [0.25, 0.3) is 0 Å². The van der Waals surface area contributed by atoms with E-state index in [1.165, 1.54) is 6.07 Å². The van der Waals surface area contributed by atoms with Gasteiger partial charge in [0.25, 0.3) is 0 Å². The van der Waals surface area contributed by atoms with E-state index in [0.717, 1.165) is 18.9 Å². The van der Waals surface area contributed by atoms with Gasteiger partial charge in [-0.1, -0.05) is 5.92 Å². The summed E-state index contributed by atoms with van der Waals surface area (Å²) in [6.45, 7) is 1.36. The number of anilines is 1. The summed E-state index contributed by atoms with van der Waals surface area (Å²) < 4.78 is 38.8. The van der Waals surface area contributed by atoms with E-state index in [1.807, 2.05) is 0 Å². The van der Waals surface area contributed by atoms with E-state index < -0.39 is 11.7 Å². The molecule has 17 heavy (non-hydrogen) atoms. The van der Waals surface area contributed by atoms with Crippen LogP contribution in [0.4, 0.5) is 18.9 Å². The molecule has 2 rings (SSSR count). The Labute approximate surface area is 98.2 Å². The molecular formula is C13H12F3N. The van der Waals surface area contributed by atoms with Crippen molar-refractivity contribution in [3.8, 4) is 12.3 Å². The smallest absolute Gasteiger partial charge is 0.371 e. The number of hydrogen-bond donors (Lipinski definition) is 0. The van der Waals surface area contributed by atoms with Crippen molar-refractivity contribution in [1.29, 1.82) is 0 Å². The summed E-state index contributed by atoms with van der Waals surface area (Å²) >= 11 is 0. The van der Waals surface area contributed by atoms with Crippen LogP contribution in [0.3, 0.4) is 0 Å². The lowest BCUT2D eigenvalue weighted by Gasteiger charge is -2.22. The van der Waals surface area contributed by atoms with Crippen LogP contribution in [0.5, 0.6) is 0 Å². The van der Waals surface area contributed by atoms with Crippen molar-refractivity contribution >= 4 is 5.69 Å². The van der Waals surface area contributed by atoms with Gasteiger partial charge < -0.3 is 4.90 Å². The Bertz CT molecular complexity index is 451. The van der Waals surface area contributed by atoms with Crippen LogP contribution in [0, 0.1) is 12.3 Å². The number of nitrogens with zero attached hydrogens (tertiary/aromatic N) is 1. The SMILES string of the molecule is C#Cc1ccc(N2CCCC2)c(C(F)(F)F)c1. The summed E-state index contributed by atoms with van der Waals surface area (Å²) in [6.07, 6.45) is 2.66. The van der Waals surface area contributed by atoms with Crippen LogP contribution in [-0.2, 0) is 6.18 Å². The van der Waals surface area contributed by atoms with Gasteiger partial charge in [0.15, 0.2) is 0 Å². The minimum absolute atomic E-state index is 0.244. The molecule has 1 aliphatic rings. The first kappa shape index (κ1) is 11.8. The van der Waals surface area contributed by atoms with Gasteiger partial charge in [0.1, 0.15) is 0 Å². The second-order valence-electron chi connectivity index (χ2n) is 4.07. The highest BCUT2D eigenvalue weighted by atomic mass is 19.4. The molecule has 1 fully saturated rings. The van der Waals surface area contributed by atoms with Crippen LogP contribution in [0.15, 0.2) is 18.2 Å². The first-order valence-corrected chi connectivity index (χ1v) is 5.45. The lowest BCUT2D eigenvalue weighted by Crippen LogP contribution is -2.22. The number of alkyl halides is 3. The highest BCUT2D eigenvalue weighted by Gasteiger charge is 2.35. The van der Waals surface area contributed by atoms with Gasteiger partial charge >= 0.3 is 6.18 Å². The molecule has 1 aromatic carbocycles. The number of halogens is 3. The molecule has 0 saturated carbocycles. The van der Waals surface area contributed by atoms with Crippen molar-refractivity contribution in [2.24, 2.45) is 0 Å². The Morgan fingerprint density at radius 1 is 1.18 bits per heavy atom. The van der Waals surface area contributed by atoms with E-state index in [0.29, 0.717) is 13.1 Å². The minimum atomic E-state index is -4.36. The number of benzene rings is 1. The normalized spacial score (nSPS) is 16.0. The monoisotopic (exact) mass is 239 g/mol. The minimum Gasteiger partial charge on any atom is -0.371 e. The van der Waals surface area contributed by atoms with E-state index >= 15 is 0 Å². The van der Waals surface area contributed by atoms with Crippen LogP contribution in [0.2, 0.25) is 0 Å². The molecule has 4 heteroatoms. The average molecular weight is 239 g/mol.